The first-order valence-corrected chi connectivity index (χ1v) is 13.6. The SMILES string of the molecule is O=C(O)c1cccc(OCC23CCC(OCc4c(-c5ccccc5OC(F)(F)F)noc4C4CC4)(CC2)CC3)c1. The van der Waals surface area contributed by atoms with E-state index in [4.69, 9.17) is 14.0 Å². The van der Waals surface area contributed by atoms with E-state index in [0.717, 1.165) is 51.4 Å². The molecule has 4 saturated carbocycles. The summed E-state index contributed by atoms with van der Waals surface area (Å²) >= 11 is 0. The van der Waals surface area contributed by atoms with Crippen molar-refractivity contribution in [3.8, 4) is 22.8 Å². The number of nitrogens with zero attached hydrogens (tertiary/aromatic N) is 1. The number of benzene rings is 2. The van der Waals surface area contributed by atoms with Gasteiger partial charge in [-0.25, -0.2) is 4.79 Å². The molecule has 0 amide bonds. The third-order valence-electron chi connectivity index (χ3n) is 8.62. The molecule has 0 spiro atoms. The number of aromatic carboxylic acids is 1. The Hall–Kier alpha value is -3.53. The van der Waals surface area contributed by atoms with E-state index < -0.39 is 12.3 Å². The van der Waals surface area contributed by atoms with Gasteiger partial charge in [-0.05, 0) is 81.7 Å². The van der Waals surface area contributed by atoms with E-state index in [1.165, 1.54) is 18.2 Å². The highest BCUT2D eigenvalue weighted by Gasteiger charge is 2.50. The van der Waals surface area contributed by atoms with Gasteiger partial charge >= 0.3 is 12.3 Å². The molecule has 0 atom stereocenters. The quantitative estimate of drug-likeness (QED) is 0.276. The normalized spacial score (nSPS) is 24.2. The average molecular weight is 558 g/mol. The van der Waals surface area contributed by atoms with E-state index in [1.54, 1.807) is 30.3 Å². The van der Waals surface area contributed by atoms with E-state index in [1.807, 2.05) is 0 Å². The van der Waals surface area contributed by atoms with Crippen LogP contribution in [-0.4, -0.2) is 34.8 Å². The first-order valence-electron chi connectivity index (χ1n) is 13.6. The lowest BCUT2D eigenvalue weighted by Gasteiger charge is -2.52. The lowest BCUT2D eigenvalue weighted by molar-refractivity contribution is -0.274. The predicted molar refractivity (Wildman–Crippen MR) is 137 cm³/mol. The lowest BCUT2D eigenvalue weighted by Crippen LogP contribution is -2.49. The van der Waals surface area contributed by atoms with E-state index in [9.17, 15) is 23.1 Å². The van der Waals surface area contributed by atoms with E-state index >= 15 is 0 Å². The number of alkyl halides is 3. The average Bonchev–Trinajstić information content (AvgIpc) is 3.71. The Balaban J connectivity index is 1.14. The zero-order chi connectivity index (χ0) is 28.0. The molecule has 4 fully saturated rings. The molecule has 7 rings (SSSR count). The van der Waals surface area contributed by atoms with Crippen molar-refractivity contribution in [3.05, 3.63) is 65.4 Å². The van der Waals surface area contributed by atoms with Gasteiger partial charge in [0, 0.05) is 22.5 Å². The maximum absolute atomic E-state index is 13.1. The highest BCUT2D eigenvalue weighted by atomic mass is 19.4. The summed E-state index contributed by atoms with van der Waals surface area (Å²) in [5.74, 6) is 0.133. The van der Waals surface area contributed by atoms with Crippen molar-refractivity contribution in [2.75, 3.05) is 6.61 Å². The highest BCUT2D eigenvalue weighted by molar-refractivity contribution is 5.88. The van der Waals surface area contributed by atoms with Crippen molar-refractivity contribution in [1.82, 2.24) is 5.16 Å². The van der Waals surface area contributed by atoms with Crippen LogP contribution < -0.4 is 9.47 Å². The van der Waals surface area contributed by atoms with Gasteiger partial charge in [0.15, 0.2) is 0 Å². The van der Waals surface area contributed by atoms with Crippen molar-refractivity contribution < 1.29 is 41.8 Å². The third-order valence-corrected chi connectivity index (χ3v) is 8.62. The maximum Gasteiger partial charge on any atom is 0.573 e. The fraction of sp³-hybridized carbons (Fsp3) is 0.467. The van der Waals surface area contributed by atoms with Gasteiger partial charge in [0.2, 0.25) is 0 Å². The van der Waals surface area contributed by atoms with Crippen LogP contribution in [0.2, 0.25) is 0 Å². The number of rotatable bonds is 10. The maximum atomic E-state index is 13.1. The molecule has 1 N–H and O–H groups in total. The molecule has 4 aliphatic rings. The second kappa shape index (κ2) is 10.1. The summed E-state index contributed by atoms with van der Waals surface area (Å²) < 4.78 is 61.9. The van der Waals surface area contributed by atoms with Gasteiger partial charge in [0.05, 0.1) is 24.4 Å². The molecule has 10 heteroatoms. The summed E-state index contributed by atoms with van der Waals surface area (Å²) in [6.45, 7) is 0.722. The summed E-state index contributed by atoms with van der Waals surface area (Å²) in [6, 6.07) is 12.5. The van der Waals surface area contributed by atoms with Gasteiger partial charge < -0.3 is 23.8 Å². The smallest absolute Gasteiger partial charge is 0.493 e. The van der Waals surface area contributed by atoms with Crippen molar-refractivity contribution in [1.29, 1.82) is 0 Å². The number of halogens is 3. The minimum Gasteiger partial charge on any atom is -0.493 e. The first-order chi connectivity index (χ1) is 19.1. The molecule has 0 saturated heterocycles. The Morgan fingerprint density at radius 3 is 2.42 bits per heavy atom. The Kier molecular flexibility index (Phi) is 6.76. The van der Waals surface area contributed by atoms with Gasteiger partial charge in [0.25, 0.3) is 0 Å². The summed E-state index contributed by atoms with van der Waals surface area (Å²) in [5.41, 5.74) is 1.14. The molecule has 1 aromatic heterocycles. The van der Waals surface area contributed by atoms with Gasteiger partial charge in [-0.15, -0.1) is 13.2 Å². The fourth-order valence-electron chi connectivity index (χ4n) is 6.06. The Labute approximate surface area is 229 Å². The number of fused-ring (bicyclic) bond motifs is 3. The largest absolute Gasteiger partial charge is 0.573 e. The first kappa shape index (κ1) is 26.7. The van der Waals surface area contributed by atoms with Gasteiger partial charge in [0.1, 0.15) is 23.0 Å². The number of hydrogen-bond donors (Lipinski definition) is 1. The predicted octanol–water partition coefficient (Wildman–Crippen LogP) is 7.50. The van der Waals surface area contributed by atoms with Crippen molar-refractivity contribution in [2.24, 2.45) is 5.41 Å². The van der Waals surface area contributed by atoms with Crippen LogP contribution in [0.4, 0.5) is 13.2 Å². The number of carbonyl (C=O) groups is 1. The number of hydrogen-bond acceptors (Lipinski definition) is 6. The van der Waals surface area contributed by atoms with E-state index in [0.29, 0.717) is 29.4 Å². The van der Waals surface area contributed by atoms with E-state index in [2.05, 4.69) is 9.89 Å². The molecule has 212 valence electrons. The molecule has 0 aliphatic heterocycles. The van der Waals surface area contributed by atoms with Crippen molar-refractivity contribution in [3.63, 3.8) is 0 Å². The summed E-state index contributed by atoms with van der Waals surface area (Å²) in [6.07, 6.45) is 2.36. The van der Waals surface area contributed by atoms with Crippen LogP contribution in [0.5, 0.6) is 11.5 Å². The van der Waals surface area contributed by atoms with Crippen molar-refractivity contribution in [2.45, 2.75) is 75.9 Å². The molecule has 7 nitrogen and oxygen atoms in total. The molecular formula is C30H30F3NO6. The lowest BCUT2D eigenvalue weighted by atomic mass is 9.59. The second-order valence-corrected chi connectivity index (χ2v) is 11.3. The second-order valence-electron chi connectivity index (χ2n) is 11.3. The molecule has 0 unspecified atom stereocenters. The van der Waals surface area contributed by atoms with E-state index in [-0.39, 0.29) is 40.4 Å². The summed E-state index contributed by atoms with van der Waals surface area (Å²) in [4.78, 5) is 11.3. The van der Waals surface area contributed by atoms with Crippen LogP contribution in [0.1, 0.15) is 79.0 Å². The van der Waals surface area contributed by atoms with Crippen LogP contribution >= 0.6 is 0 Å². The molecule has 2 bridgehead atoms. The minimum absolute atomic E-state index is 0.0136. The molecule has 3 aromatic rings. The molecule has 0 radical (unpaired) electrons. The topological polar surface area (TPSA) is 91.0 Å². The Morgan fingerprint density at radius 2 is 1.75 bits per heavy atom. The Morgan fingerprint density at radius 1 is 1.02 bits per heavy atom. The number of carboxylic acids is 1. The molecule has 2 aromatic carbocycles. The number of carboxylic acid groups (broad SMARTS) is 1. The van der Waals surface area contributed by atoms with Crippen LogP contribution in [0, 0.1) is 5.41 Å². The fourth-order valence-corrected chi connectivity index (χ4v) is 6.06. The zero-order valence-corrected chi connectivity index (χ0v) is 21.8. The highest BCUT2D eigenvalue weighted by Crippen LogP contribution is 2.55. The standard InChI is InChI=1S/C30H30F3NO6/c31-30(32,33)39-24-7-2-1-6-22(24)25-23(26(40-34-25)19-8-9-19)17-38-29-13-10-28(11-14-29,12-15-29)18-37-21-5-3-4-20(16-21)27(35)36/h1-7,16,19H,8-15,17-18H2,(H,35,36). The number of para-hydroxylation sites is 1. The molecule has 4 aliphatic carbocycles. The Bertz CT molecular complexity index is 1370. The number of ether oxygens (including phenoxy) is 3. The van der Waals surface area contributed by atoms with Crippen molar-refractivity contribution >= 4 is 5.97 Å². The molecular weight excluding hydrogens is 527 g/mol. The van der Waals surface area contributed by atoms with Crippen LogP contribution in [0.25, 0.3) is 11.3 Å². The van der Waals surface area contributed by atoms with Crippen LogP contribution in [0.3, 0.4) is 0 Å². The van der Waals surface area contributed by atoms with Crippen LogP contribution in [0.15, 0.2) is 53.1 Å². The summed E-state index contributed by atoms with van der Waals surface area (Å²) in [7, 11) is 0. The van der Waals surface area contributed by atoms with Crippen LogP contribution in [-0.2, 0) is 11.3 Å². The van der Waals surface area contributed by atoms with Gasteiger partial charge in [-0.3, -0.25) is 0 Å². The number of aromatic nitrogens is 1. The summed E-state index contributed by atoms with van der Waals surface area (Å²) in [5, 5.41) is 13.4. The van der Waals surface area contributed by atoms with Gasteiger partial charge in [-0.2, -0.15) is 0 Å². The molecule has 40 heavy (non-hydrogen) atoms. The molecule has 1 heterocycles. The monoisotopic (exact) mass is 557 g/mol. The third kappa shape index (κ3) is 5.54. The zero-order valence-electron chi connectivity index (χ0n) is 21.8. The minimum atomic E-state index is -4.83. The van der Waals surface area contributed by atoms with Gasteiger partial charge in [-0.1, -0.05) is 23.4 Å².